The first-order valence-electron chi connectivity index (χ1n) is 20.1. The Balaban J connectivity index is 0.000000137. The van der Waals surface area contributed by atoms with Crippen molar-refractivity contribution in [3.63, 3.8) is 0 Å². The molecule has 8 bridgehead atoms. The van der Waals surface area contributed by atoms with Crippen molar-refractivity contribution in [2.24, 2.45) is 76.9 Å². The minimum absolute atomic E-state index is 0.0513. The molecule has 2 aliphatic heterocycles. The summed E-state index contributed by atoms with van der Waals surface area (Å²) in [4.78, 5) is 0. The van der Waals surface area contributed by atoms with Crippen molar-refractivity contribution in [2.45, 2.75) is 157 Å². The Kier molecular flexibility index (Phi) is 9.73. The quantitative estimate of drug-likeness (QED) is 0.129. The van der Waals surface area contributed by atoms with Crippen LogP contribution in [0, 0.1) is 76.9 Å². The summed E-state index contributed by atoms with van der Waals surface area (Å²) in [5.74, 6) is -19.9. The molecule has 0 aromatic carbocycles. The lowest BCUT2D eigenvalue weighted by atomic mass is 9.63. The second kappa shape index (κ2) is 12.5. The molecular formula is C38H58F10O5Si2. The minimum atomic E-state index is -5.66. The highest BCUT2D eigenvalue weighted by molar-refractivity contribution is 6.75. The number of rotatable bonds is 0. The van der Waals surface area contributed by atoms with Crippen LogP contribution in [0.25, 0.3) is 0 Å². The third kappa shape index (κ3) is 5.95. The zero-order valence-electron chi connectivity index (χ0n) is 32.8. The van der Waals surface area contributed by atoms with Crippen LogP contribution in [0.4, 0.5) is 43.9 Å². The Morgan fingerprint density at radius 1 is 0.527 bits per heavy atom. The van der Waals surface area contributed by atoms with E-state index in [1.54, 1.807) is 0 Å². The molecule has 2 heterocycles. The lowest BCUT2D eigenvalue weighted by molar-refractivity contribution is -0.415. The van der Waals surface area contributed by atoms with Crippen LogP contribution in [0.5, 0.6) is 0 Å². The molecule has 5 nitrogen and oxygen atoms in total. The number of hydrogen-bond acceptors (Lipinski definition) is 5. The van der Waals surface area contributed by atoms with Gasteiger partial charge in [0.15, 0.2) is 5.60 Å². The zero-order valence-corrected chi connectivity index (χ0v) is 34.8. The lowest BCUT2D eigenvalue weighted by Gasteiger charge is -2.45. The van der Waals surface area contributed by atoms with E-state index in [-0.39, 0.29) is 41.9 Å². The summed E-state index contributed by atoms with van der Waals surface area (Å²) >= 11 is 0. The van der Waals surface area contributed by atoms with Crippen molar-refractivity contribution in [2.75, 3.05) is 0 Å². The number of fused-ring (bicyclic) bond motifs is 24. The zero-order chi connectivity index (χ0) is 41.2. The van der Waals surface area contributed by atoms with Crippen molar-refractivity contribution in [1.82, 2.24) is 0 Å². The monoisotopic (exact) mass is 840 g/mol. The molecule has 0 aromatic rings. The lowest BCUT2D eigenvalue weighted by Crippen LogP contribution is -2.66. The first kappa shape index (κ1) is 42.7. The van der Waals surface area contributed by atoms with Crippen molar-refractivity contribution in [3.05, 3.63) is 0 Å². The van der Waals surface area contributed by atoms with Crippen LogP contribution >= 0.6 is 0 Å². The predicted octanol–water partition coefficient (Wildman–Crippen LogP) is 9.42. The molecule has 0 spiro atoms. The maximum atomic E-state index is 14.6. The van der Waals surface area contributed by atoms with Gasteiger partial charge in [-0.25, -0.2) is 0 Å². The number of halogens is 10. The first-order valence-corrected chi connectivity index (χ1v) is 28.1. The van der Waals surface area contributed by atoms with E-state index < -0.39 is 93.4 Å². The van der Waals surface area contributed by atoms with Gasteiger partial charge in [0, 0.05) is 22.1 Å². The molecule has 8 aliphatic carbocycles. The fourth-order valence-corrected chi connectivity index (χ4v) is 13.8. The van der Waals surface area contributed by atoms with Crippen LogP contribution in [0.2, 0.25) is 52.4 Å². The summed E-state index contributed by atoms with van der Waals surface area (Å²) in [5, 5.41) is 30.0. The average Bonchev–Trinajstić information content (AvgIpc) is 3.85. The molecule has 0 amide bonds. The first-order chi connectivity index (χ1) is 24.7. The standard InChI is InChI=1S/C15H17F5O3.C15H17F5O2.2C4H12Si/c16-13(17)12(21)8-4-7(9-5-1-2-6(3-5)10(8)9)11(12)23-14(13,22)15(18,19)20;16-13(17)11-7-4-8(10-6-2-1-5(3-6)9(7)10)12(11)22-14(13,21)15(18,19)20;2*1-5(2,3)4/h5-11,21-22H,1-4H2;5-12,21H,1-4H2;2*1-4H3. The molecule has 10 rings (SSSR count). The van der Waals surface area contributed by atoms with E-state index in [1.807, 2.05) is 0 Å². The van der Waals surface area contributed by atoms with E-state index in [1.165, 1.54) is 0 Å². The molecule has 55 heavy (non-hydrogen) atoms. The fourth-order valence-electron chi connectivity index (χ4n) is 13.8. The van der Waals surface area contributed by atoms with Gasteiger partial charge in [0.25, 0.3) is 0 Å². The van der Waals surface area contributed by atoms with Crippen LogP contribution < -0.4 is 0 Å². The molecule has 8 saturated carbocycles. The summed E-state index contributed by atoms with van der Waals surface area (Å²) in [7, 11) is -1.22. The third-order valence-electron chi connectivity index (χ3n) is 14.9. The van der Waals surface area contributed by atoms with Gasteiger partial charge in [-0.05, 0) is 116 Å². The molecular weight excluding hydrogens is 783 g/mol. The number of hydrogen-bond donors (Lipinski definition) is 3. The topological polar surface area (TPSA) is 79.2 Å². The van der Waals surface area contributed by atoms with Gasteiger partial charge < -0.3 is 24.8 Å². The van der Waals surface area contributed by atoms with Gasteiger partial charge in [-0.15, -0.1) is 0 Å². The van der Waals surface area contributed by atoms with Crippen LogP contribution in [0.15, 0.2) is 0 Å². The van der Waals surface area contributed by atoms with Crippen molar-refractivity contribution >= 4 is 16.1 Å². The van der Waals surface area contributed by atoms with Crippen LogP contribution in [0.1, 0.15) is 51.4 Å². The largest absolute Gasteiger partial charge is 0.449 e. The Morgan fingerprint density at radius 3 is 1.36 bits per heavy atom. The molecule has 3 N–H and O–H groups in total. The summed E-state index contributed by atoms with van der Waals surface area (Å²) in [5.41, 5.74) is -2.92. The summed E-state index contributed by atoms with van der Waals surface area (Å²) in [6.45, 7) is 18.6. The smallest absolute Gasteiger partial charge is 0.380 e. The van der Waals surface area contributed by atoms with Crippen LogP contribution in [-0.4, -0.2) is 85.0 Å². The molecule has 0 radical (unpaired) electrons. The highest BCUT2D eigenvalue weighted by atomic mass is 28.3. The Morgan fingerprint density at radius 2 is 0.927 bits per heavy atom. The van der Waals surface area contributed by atoms with E-state index in [0.29, 0.717) is 24.2 Å². The molecule has 10 aliphatic rings. The maximum absolute atomic E-state index is 14.6. The van der Waals surface area contributed by atoms with E-state index in [0.717, 1.165) is 38.5 Å². The van der Waals surface area contributed by atoms with E-state index >= 15 is 0 Å². The number of aliphatic hydroxyl groups is 3. The Hall–Kier alpha value is -0.466. The molecule has 0 aromatic heterocycles. The van der Waals surface area contributed by atoms with Gasteiger partial charge in [-0.2, -0.15) is 43.9 Å². The molecule has 2 saturated heterocycles. The second-order valence-electron chi connectivity index (χ2n) is 22.0. The van der Waals surface area contributed by atoms with Gasteiger partial charge in [0.1, 0.15) is 0 Å². The van der Waals surface area contributed by atoms with Gasteiger partial charge >= 0.3 is 35.8 Å². The normalized spacial score (nSPS) is 52.4. The van der Waals surface area contributed by atoms with Gasteiger partial charge in [0.05, 0.1) is 18.1 Å². The Bertz CT molecular complexity index is 1480. The number of ether oxygens (including phenoxy) is 2. The van der Waals surface area contributed by atoms with Gasteiger partial charge in [-0.1, -0.05) is 52.4 Å². The summed E-state index contributed by atoms with van der Waals surface area (Å²) in [6.07, 6.45) is -7.22. The van der Waals surface area contributed by atoms with E-state index in [4.69, 9.17) is 0 Å². The molecule has 17 heteroatoms. The Labute approximate surface area is 318 Å². The highest BCUT2D eigenvalue weighted by Crippen LogP contribution is 2.77. The fraction of sp³-hybridized carbons (Fsp3) is 1.00. The van der Waals surface area contributed by atoms with Gasteiger partial charge in [-0.3, -0.25) is 0 Å². The molecule has 18 atom stereocenters. The minimum Gasteiger partial charge on any atom is -0.380 e. The van der Waals surface area contributed by atoms with E-state index in [2.05, 4.69) is 61.8 Å². The van der Waals surface area contributed by atoms with Crippen molar-refractivity contribution < 1.29 is 68.7 Å². The average molecular weight is 841 g/mol. The second-order valence-corrected chi connectivity index (χ2v) is 34.0. The number of alkyl halides is 10. The van der Waals surface area contributed by atoms with Crippen molar-refractivity contribution in [3.8, 4) is 0 Å². The third-order valence-corrected chi connectivity index (χ3v) is 14.9. The van der Waals surface area contributed by atoms with Crippen molar-refractivity contribution in [1.29, 1.82) is 0 Å². The molecule has 318 valence electrons. The predicted molar refractivity (Wildman–Crippen MR) is 187 cm³/mol. The highest BCUT2D eigenvalue weighted by Gasteiger charge is 2.92. The maximum Gasteiger partial charge on any atom is 0.449 e. The van der Waals surface area contributed by atoms with Crippen LogP contribution in [-0.2, 0) is 9.47 Å². The van der Waals surface area contributed by atoms with Crippen LogP contribution in [0.3, 0.4) is 0 Å². The summed E-state index contributed by atoms with van der Waals surface area (Å²) in [6, 6.07) is 0. The summed E-state index contributed by atoms with van der Waals surface area (Å²) < 4.78 is 146. The molecule has 10 fully saturated rings. The van der Waals surface area contributed by atoms with Gasteiger partial charge in [0.2, 0.25) is 0 Å². The SMILES string of the molecule is C[Si](C)(C)C.C[Si](C)(C)C.OC1(C(F)(F)F)OC2C3CC(C4C5CCC(C5)C34)C2C1(F)F.OC12C3CC(C4C5CCC(C5)C43)C1OC(O)(C(F)(F)F)C2(F)F. The van der Waals surface area contributed by atoms with E-state index in [9.17, 15) is 59.2 Å². The molecule has 18 unspecified atom stereocenters.